The molecule has 0 aromatic heterocycles. The standard InChI is InChI=1S/C16H21NO2/c1-2-19-16(18)13-11-15(12-7-4-3-5-8-12)17-10-6-9-14(13)17/h3-5,7-8,13-15H,2,6,9-11H2,1H3/t13-,14+,15+/m0/s1. The van der Waals surface area contributed by atoms with Crippen molar-refractivity contribution in [3.8, 4) is 0 Å². The van der Waals surface area contributed by atoms with Crippen molar-refractivity contribution in [1.29, 1.82) is 0 Å². The Morgan fingerprint density at radius 2 is 2.16 bits per heavy atom. The number of rotatable bonds is 3. The normalized spacial score (nSPS) is 30.3. The third kappa shape index (κ3) is 2.27. The van der Waals surface area contributed by atoms with Gasteiger partial charge in [-0.3, -0.25) is 9.69 Å². The topological polar surface area (TPSA) is 29.5 Å². The summed E-state index contributed by atoms with van der Waals surface area (Å²) in [6.07, 6.45) is 3.24. The Bertz CT molecular complexity index is 445. The maximum Gasteiger partial charge on any atom is 0.310 e. The quantitative estimate of drug-likeness (QED) is 0.782. The zero-order valence-corrected chi connectivity index (χ0v) is 11.4. The van der Waals surface area contributed by atoms with Gasteiger partial charge in [0, 0.05) is 12.1 Å². The minimum Gasteiger partial charge on any atom is -0.466 e. The highest BCUT2D eigenvalue weighted by atomic mass is 16.5. The lowest BCUT2D eigenvalue weighted by atomic mass is 9.94. The molecule has 3 nitrogen and oxygen atoms in total. The van der Waals surface area contributed by atoms with Gasteiger partial charge in [-0.05, 0) is 38.3 Å². The van der Waals surface area contributed by atoms with E-state index in [4.69, 9.17) is 4.74 Å². The van der Waals surface area contributed by atoms with E-state index in [0.29, 0.717) is 18.7 Å². The van der Waals surface area contributed by atoms with Crippen LogP contribution in [0.15, 0.2) is 30.3 Å². The molecule has 1 aromatic rings. The van der Waals surface area contributed by atoms with Crippen LogP contribution in [0.4, 0.5) is 0 Å². The third-order valence-corrected chi connectivity index (χ3v) is 4.46. The molecule has 0 radical (unpaired) electrons. The lowest BCUT2D eigenvalue weighted by Gasteiger charge is -2.24. The number of carbonyl (C=O) groups is 1. The summed E-state index contributed by atoms with van der Waals surface area (Å²) in [5.74, 6) is 0.0606. The molecule has 2 aliphatic rings. The van der Waals surface area contributed by atoms with Gasteiger partial charge in [0.05, 0.1) is 12.5 Å². The molecule has 0 saturated carbocycles. The first kappa shape index (κ1) is 12.7. The second-order valence-electron chi connectivity index (χ2n) is 5.47. The molecule has 2 saturated heterocycles. The van der Waals surface area contributed by atoms with Gasteiger partial charge in [0.25, 0.3) is 0 Å². The first-order valence-electron chi connectivity index (χ1n) is 7.28. The van der Waals surface area contributed by atoms with Crippen molar-refractivity contribution in [2.75, 3.05) is 13.2 Å². The van der Waals surface area contributed by atoms with Gasteiger partial charge < -0.3 is 4.74 Å². The van der Waals surface area contributed by atoms with E-state index < -0.39 is 0 Å². The zero-order valence-electron chi connectivity index (χ0n) is 11.4. The van der Waals surface area contributed by atoms with Gasteiger partial charge in [-0.1, -0.05) is 30.3 Å². The van der Waals surface area contributed by atoms with Crippen LogP contribution in [0.3, 0.4) is 0 Å². The van der Waals surface area contributed by atoms with Crippen LogP contribution in [0.1, 0.15) is 37.8 Å². The van der Waals surface area contributed by atoms with Crippen LogP contribution < -0.4 is 0 Å². The van der Waals surface area contributed by atoms with Crippen LogP contribution in [-0.2, 0) is 9.53 Å². The van der Waals surface area contributed by atoms with Crippen molar-refractivity contribution in [3.63, 3.8) is 0 Å². The van der Waals surface area contributed by atoms with Gasteiger partial charge in [-0.25, -0.2) is 0 Å². The maximum atomic E-state index is 12.1. The monoisotopic (exact) mass is 259 g/mol. The Balaban J connectivity index is 1.82. The lowest BCUT2D eigenvalue weighted by Crippen LogP contribution is -2.31. The summed E-state index contributed by atoms with van der Waals surface area (Å²) in [4.78, 5) is 14.6. The van der Waals surface area contributed by atoms with E-state index >= 15 is 0 Å². The average Bonchev–Trinajstić information content (AvgIpc) is 3.01. The van der Waals surface area contributed by atoms with Crippen molar-refractivity contribution in [2.24, 2.45) is 5.92 Å². The van der Waals surface area contributed by atoms with Crippen LogP contribution in [-0.4, -0.2) is 30.1 Å². The van der Waals surface area contributed by atoms with E-state index in [9.17, 15) is 4.79 Å². The third-order valence-electron chi connectivity index (χ3n) is 4.46. The van der Waals surface area contributed by atoms with Gasteiger partial charge in [0.2, 0.25) is 0 Å². The molecule has 3 heteroatoms. The highest BCUT2D eigenvalue weighted by Gasteiger charge is 2.47. The number of esters is 1. The molecule has 2 fully saturated rings. The molecule has 0 N–H and O–H groups in total. The highest BCUT2D eigenvalue weighted by Crippen LogP contribution is 2.45. The molecule has 0 amide bonds. The van der Waals surface area contributed by atoms with E-state index in [2.05, 4.69) is 29.2 Å². The molecule has 0 unspecified atom stereocenters. The SMILES string of the molecule is CCOC(=O)[C@H]1C[C@H](c2ccccc2)N2CCC[C@H]12. The Morgan fingerprint density at radius 3 is 2.89 bits per heavy atom. The smallest absolute Gasteiger partial charge is 0.310 e. The fraction of sp³-hybridized carbons (Fsp3) is 0.562. The van der Waals surface area contributed by atoms with Crippen molar-refractivity contribution >= 4 is 5.97 Å². The van der Waals surface area contributed by atoms with Gasteiger partial charge in [-0.2, -0.15) is 0 Å². The molecular weight excluding hydrogens is 238 g/mol. The number of hydrogen-bond donors (Lipinski definition) is 0. The summed E-state index contributed by atoms with van der Waals surface area (Å²) in [6, 6.07) is 11.3. The van der Waals surface area contributed by atoms with Gasteiger partial charge in [0.15, 0.2) is 0 Å². The van der Waals surface area contributed by atoms with E-state index in [0.717, 1.165) is 19.4 Å². The van der Waals surface area contributed by atoms with Crippen LogP contribution in [0.5, 0.6) is 0 Å². The molecule has 3 rings (SSSR count). The minimum absolute atomic E-state index is 0.00201. The highest BCUT2D eigenvalue weighted by molar-refractivity contribution is 5.74. The molecule has 0 spiro atoms. The van der Waals surface area contributed by atoms with Gasteiger partial charge in [-0.15, -0.1) is 0 Å². The Labute approximate surface area is 114 Å². The van der Waals surface area contributed by atoms with E-state index in [1.54, 1.807) is 0 Å². The molecule has 102 valence electrons. The van der Waals surface area contributed by atoms with E-state index in [1.165, 1.54) is 12.0 Å². The number of nitrogens with zero attached hydrogens (tertiary/aromatic N) is 1. The predicted octanol–water partition coefficient (Wildman–Crippen LogP) is 2.78. The van der Waals surface area contributed by atoms with Crippen LogP contribution in [0.25, 0.3) is 0 Å². The predicted molar refractivity (Wildman–Crippen MR) is 73.7 cm³/mol. The van der Waals surface area contributed by atoms with Crippen LogP contribution in [0, 0.1) is 5.92 Å². The molecule has 3 atom stereocenters. The fourth-order valence-corrected chi connectivity index (χ4v) is 3.67. The number of fused-ring (bicyclic) bond motifs is 1. The number of carbonyl (C=O) groups excluding carboxylic acids is 1. The summed E-state index contributed by atoms with van der Waals surface area (Å²) < 4.78 is 5.25. The van der Waals surface area contributed by atoms with Crippen molar-refractivity contribution < 1.29 is 9.53 Å². The molecule has 2 aliphatic heterocycles. The molecule has 2 heterocycles. The first-order chi connectivity index (χ1) is 9.31. The summed E-state index contributed by atoms with van der Waals surface area (Å²) in [5, 5.41) is 0. The van der Waals surface area contributed by atoms with Crippen LogP contribution >= 0.6 is 0 Å². The minimum atomic E-state index is -0.00201. The van der Waals surface area contributed by atoms with Gasteiger partial charge >= 0.3 is 5.97 Å². The molecule has 0 aliphatic carbocycles. The Kier molecular flexibility index (Phi) is 3.56. The first-order valence-corrected chi connectivity index (χ1v) is 7.28. The average molecular weight is 259 g/mol. The lowest BCUT2D eigenvalue weighted by molar-refractivity contribution is -0.148. The molecular formula is C16H21NO2. The summed E-state index contributed by atoms with van der Waals surface area (Å²) in [5.41, 5.74) is 1.33. The van der Waals surface area contributed by atoms with Crippen LogP contribution in [0.2, 0.25) is 0 Å². The van der Waals surface area contributed by atoms with E-state index in [-0.39, 0.29) is 11.9 Å². The fourth-order valence-electron chi connectivity index (χ4n) is 3.67. The number of benzene rings is 1. The summed E-state index contributed by atoms with van der Waals surface area (Å²) in [6.45, 7) is 3.48. The summed E-state index contributed by atoms with van der Waals surface area (Å²) in [7, 11) is 0. The van der Waals surface area contributed by atoms with E-state index in [1.807, 2.05) is 13.0 Å². The zero-order chi connectivity index (χ0) is 13.2. The second kappa shape index (κ2) is 5.33. The molecule has 0 bridgehead atoms. The summed E-state index contributed by atoms with van der Waals surface area (Å²) >= 11 is 0. The molecule has 1 aromatic carbocycles. The van der Waals surface area contributed by atoms with Gasteiger partial charge in [0.1, 0.15) is 0 Å². The van der Waals surface area contributed by atoms with Crippen molar-refractivity contribution in [1.82, 2.24) is 4.90 Å². The maximum absolute atomic E-state index is 12.1. The Morgan fingerprint density at radius 1 is 1.37 bits per heavy atom. The molecule has 19 heavy (non-hydrogen) atoms. The number of hydrogen-bond acceptors (Lipinski definition) is 3. The largest absolute Gasteiger partial charge is 0.466 e. The van der Waals surface area contributed by atoms with Crippen molar-refractivity contribution in [3.05, 3.63) is 35.9 Å². The van der Waals surface area contributed by atoms with Crippen molar-refractivity contribution in [2.45, 2.75) is 38.3 Å². The number of ether oxygens (including phenoxy) is 1. The Hall–Kier alpha value is -1.35. The second-order valence-corrected chi connectivity index (χ2v) is 5.47.